The molecule has 19 heavy (non-hydrogen) atoms. The predicted molar refractivity (Wildman–Crippen MR) is 86.4 cm³/mol. The highest BCUT2D eigenvalue weighted by molar-refractivity contribution is 8.39. The van der Waals surface area contributed by atoms with E-state index in [1.54, 1.807) is 23.5 Å². The molecule has 3 nitrogen and oxygen atoms in total. The largest absolute Gasteiger partial charge is 0.326 e. The molecule has 0 aliphatic carbocycles. The molecule has 0 atom stereocenters. The summed E-state index contributed by atoms with van der Waals surface area (Å²) >= 11 is 3.47. The van der Waals surface area contributed by atoms with Crippen LogP contribution >= 0.6 is 23.5 Å². The summed E-state index contributed by atoms with van der Waals surface area (Å²) in [5.74, 6) is 1.95. The lowest BCUT2D eigenvalue weighted by Gasteiger charge is -2.09. The standard InChI is InChI=1S/C14H18N2OS2/c1-10-3-4-12(11(2)9-10)16-13(17)5-7-18-14-15-6-8-19-14/h3-4,9H,5-8H2,1-2H3,(H,16,17). The Morgan fingerprint density at radius 2 is 2.32 bits per heavy atom. The first-order chi connectivity index (χ1) is 9.15. The Balaban J connectivity index is 1.77. The molecule has 0 spiro atoms. The van der Waals surface area contributed by atoms with Crippen LogP contribution in [-0.2, 0) is 4.79 Å². The minimum absolute atomic E-state index is 0.0723. The van der Waals surface area contributed by atoms with Gasteiger partial charge in [0.25, 0.3) is 0 Å². The molecule has 1 amide bonds. The number of hydrogen-bond acceptors (Lipinski definition) is 4. The van der Waals surface area contributed by atoms with Gasteiger partial charge in [-0.05, 0) is 25.5 Å². The summed E-state index contributed by atoms with van der Waals surface area (Å²) in [4.78, 5) is 16.2. The fraction of sp³-hybridized carbons (Fsp3) is 0.429. The predicted octanol–water partition coefficient (Wildman–Crippen LogP) is 3.47. The fourth-order valence-electron chi connectivity index (χ4n) is 1.80. The molecular weight excluding hydrogens is 276 g/mol. The molecule has 0 unspecified atom stereocenters. The van der Waals surface area contributed by atoms with Crippen LogP contribution in [0.4, 0.5) is 5.69 Å². The van der Waals surface area contributed by atoms with Crippen LogP contribution in [0.5, 0.6) is 0 Å². The second-order valence-corrected chi connectivity index (χ2v) is 6.89. The van der Waals surface area contributed by atoms with Gasteiger partial charge in [-0.15, -0.1) is 0 Å². The second kappa shape index (κ2) is 7.01. The Morgan fingerprint density at radius 1 is 1.47 bits per heavy atom. The maximum atomic E-state index is 11.9. The summed E-state index contributed by atoms with van der Waals surface area (Å²) < 4.78 is 1.12. The molecule has 0 bridgehead atoms. The van der Waals surface area contributed by atoms with Crippen molar-refractivity contribution in [2.45, 2.75) is 20.3 Å². The van der Waals surface area contributed by atoms with Crippen molar-refractivity contribution >= 4 is 39.5 Å². The number of hydrogen-bond donors (Lipinski definition) is 1. The van der Waals surface area contributed by atoms with E-state index in [0.29, 0.717) is 6.42 Å². The van der Waals surface area contributed by atoms with E-state index < -0.39 is 0 Å². The summed E-state index contributed by atoms with van der Waals surface area (Å²) in [6, 6.07) is 6.06. The van der Waals surface area contributed by atoms with E-state index in [2.05, 4.69) is 23.3 Å². The maximum absolute atomic E-state index is 11.9. The number of thioether (sulfide) groups is 2. The van der Waals surface area contributed by atoms with Gasteiger partial charge in [0, 0.05) is 23.6 Å². The fourth-order valence-corrected chi connectivity index (χ4v) is 3.82. The average Bonchev–Trinajstić information content (AvgIpc) is 2.86. The van der Waals surface area contributed by atoms with Crippen LogP contribution in [0.15, 0.2) is 23.2 Å². The summed E-state index contributed by atoms with van der Waals surface area (Å²) in [5, 5.41) is 2.96. The molecule has 1 heterocycles. The number of carbonyl (C=O) groups is 1. The highest BCUT2D eigenvalue weighted by Crippen LogP contribution is 2.23. The van der Waals surface area contributed by atoms with Crippen molar-refractivity contribution in [2.24, 2.45) is 4.99 Å². The summed E-state index contributed by atoms with van der Waals surface area (Å²) in [6.45, 7) is 4.98. The van der Waals surface area contributed by atoms with Crippen LogP contribution in [-0.4, -0.2) is 28.3 Å². The van der Waals surface area contributed by atoms with Crippen LogP contribution in [0.1, 0.15) is 17.5 Å². The van der Waals surface area contributed by atoms with E-state index in [1.807, 2.05) is 19.1 Å². The number of anilines is 1. The third-order valence-electron chi connectivity index (χ3n) is 2.77. The molecule has 0 saturated heterocycles. The van der Waals surface area contributed by atoms with Gasteiger partial charge >= 0.3 is 0 Å². The minimum Gasteiger partial charge on any atom is -0.326 e. The quantitative estimate of drug-likeness (QED) is 0.924. The van der Waals surface area contributed by atoms with Crippen molar-refractivity contribution in [3.8, 4) is 0 Å². The third kappa shape index (κ3) is 4.58. The summed E-state index contributed by atoms with van der Waals surface area (Å²) in [7, 11) is 0. The minimum atomic E-state index is 0.0723. The Hall–Kier alpha value is -0.940. The Bertz CT molecular complexity index is 500. The topological polar surface area (TPSA) is 41.5 Å². The van der Waals surface area contributed by atoms with Crippen molar-refractivity contribution in [3.63, 3.8) is 0 Å². The van der Waals surface area contributed by atoms with Crippen LogP contribution in [0, 0.1) is 13.8 Å². The summed E-state index contributed by atoms with van der Waals surface area (Å²) in [5.41, 5.74) is 3.23. The van der Waals surface area contributed by atoms with Gasteiger partial charge < -0.3 is 5.32 Å². The maximum Gasteiger partial charge on any atom is 0.225 e. The highest BCUT2D eigenvalue weighted by atomic mass is 32.2. The molecule has 0 saturated carbocycles. The van der Waals surface area contributed by atoms with Crippen LogP contribution < -0.4 is 5.32 Å². The number of nitrogens with zero attached hydrogens (tertiary/aromatic N) is 1. The van der Waals surface area contributed by atoms with Gasteiger partial charge in [-0.1, -0.05) is 41.2 Å². The van der Waals surface area contributed by atoms with Crippen LogP contribution in [0.2, 0.25) is 0 Å². The number of aryl methyl sites for hydroxylation is 2. The van der Waals surface area contributed by atoms with Gasteiger partial charge in [-0.2, -0.15) is 0 Å². The first-order valence-electron chi connectivity index (χ1n) is 6.32. The monoisotopic (exact) mass is 294 g/mol. The smallest absolute Gasteiger partial charge is 0.225 e. The molecule has 0 aromatic heterocycles. The normalized spacial score (nSPS) is 14.3. The number of benzene rings is 1. The first kappa shape index (κ1) is 14.5. The third-order valence-corrected chi connectivity index (χ3v) is 5.02. The van der Waals surface area contributed by atoms with E-state index in [1.165, 1.54) is 5.56 Å². The number of rotatable bonds is 4. The molecule has 1 aromatic carbocycles. The molecule has 1 aliphatic rings. The van der Waals surface area contributed by atoms with E-state index in [-0.39, 0.29) is 5.91 Å². The molecule has 1 N–H and O–H groups in total. The number of aliphatic imine (C=N–C) groups is 1. The van der Waals surface area contributed by atoms with Gasteiger partial charge in [0.2, 0.25) is 5.91 Å². The van der Waals surface area contributed by atoms with Gasteiger partial charge in [0.15, 0.2) is 0 Å². The van der Waals surface area contributed by atoms with E-state index in [9.17, 15) is 4.79 Å². The van der Waals surface area contributed by atoms with Crippen molar-refractivity contribution in [1.82, 2.24) is 0 Å². The van der Waals surface area contributed by atoms with Crippen LogP contribution in [0.25, 0.3) is 0 Å². The SMILES string of the molecule is Cc1ccc(NC(=O)CCSC2=NCCS2)c(C)c1. The van der Waals surface area contributed by atoms with Crippen molar-refractivity contribution in [3.05, 3.63) is 29.3 Å². The Labute approximate surface area is 122 Å². The van der Waals surface area contributed by atoms with Crippen molar-refractivity contribution < 1.29 is 4.79 Å². The number of nitrogens with one attached hydrogen (secondary N) is 1. The molecule has 0 radical (unpaired) electrons. The second-order valence-electron chi connectivity index (χ2n) is 4.46. The highest BCUT2D eigenvalue weighted by Gasteiger charge is 2.09. The zero-order valence-electron chi connectivity index (χ0n) is 11.2. The molecule has 5 heteroatoms. The zero-order chi connectivity index (χ0) is 13.7. The first-order valence-corrected chi connectivity index (χ1v) is 8.29. The molecule has 0 fully saturated rings. The van der Waals surface area contributed by atoms with Gasteiger partial charge in [-0.3, -0.25) is 9.79 Å². The van der Waals surface area contributed by atoms with Gasteiger partial charge in [0.1, 0.15) is 4.38 Å². The molecular formula is C14H18N2OS2. The van der Waals surface area contributed by atoms with Crippen LogP contribution in [0.3, 0.4) is 0 Å². The van der Waals surface area contributed by atoms with Crippen molar-refractivity contribution in [2.75, 3.05) is 23.4 Å². The lowest BCUT2D eigenvalue weighted by atomic mass is 10.1. The average molecular weight is 294 g/mol. The zero-order valence-corrected chi connectivity index (χ0v) is 12.9. The molecule has 1 aromatic rings. The Kier molecular flexibility index (Phi) is 5.34. The van der Waals surface area contributed by atoms with Gasteiger partial charge in [0.05, 0.1) is 6.54 Å². The lowest BCUT2D eigenvalue weighted by Crippen LogP contribution is -2.13. The van der Waals surface area contributed by atoms with Crippen molar-refractivity contribution in [1.29, 1.82) is 0 Å². The van der Waals surface area contributed by atoms with E-state index in [4.69, 9.17) is 0 Å². The molecule has 1 aliphatic heterocycles. The molecule has 102 valence electrons. The van der Waals surface area contributed by atoms with E-state index in [0.717, 1.165) is 33.7 Å². The van der Waals surface area contributed by atoms with E-state index >= 15 is 0 Å². The number of amides is 1. The van der Waals surface area contributed by atoms with Gasteiger partial charge in [-0.25, -0.2) is 0 Å². The number of carbonyl (C=O) groups excluding carboxylic acids is 1. The summed E-state index contributed by atoms with van der Waals surface area (Å²) in [6.07, 6.45) is 0.525. The molecule has 2 rings (SSSR count). The Morgan fingerprint density at radius 3 is 3.00 bits per heavy atom. The lowest BCUT2D eigenvalue weighted by molar-refractivity contribution is -0.115.